The normalized spacial score (nSPS) is 23.7. The molecule has 1 aliphatic rings. The molecule has 23 heavy (non-hydrogen) atoms. The van der Waals surface area contributed by atoms with Crippen molar-refractivity contribution in [2.75, 3.05) is 26.3 Å². The van der Waals surface area contributed by atoms with E-state index in [9.17, 15) is 5.11 Å². The molecule has 2 atom stereocenters. The lowest BCUT2D eigenvalue weighted by Gasteiger charge is -2.46. The third kappa shape index (κ3) is 5.57. The van der Waals surface area contributed by atoms with Gasteiger partial charge in [-0.05, 0) is 40.2 Å². The lowest BCUT2D eigenvalue weighted by atomic mass is 9.97. The molecule has 4 nitrogen and oxygen atoms in total. The summed E-state index contributed by atoms with van der Waals surface area (Å²) in [7, 11) is 0. The molecule has 1 aromatic rings. The number of nitrogens with zero attached hydrogens (tertiary/aromatic N) is 1. The number of hydrogen-bond acceptors (Lipinski definition) is 4. The Kier molecular flexibility index (Phi) is 5.84. The van der Waals surface area contributed by atoms with E-state index >= 15 is 0 Å². The van der Waals surface area contributed by atoms with Crippen molar-refractivity contribution in [1.82, 2.24) is 4.90 Å². The van der Waals surface area contributed by atoms with E-state index in [0.29, 0.717) is 19.8 Å². The predicted octanol–water partition coefficient (Wildman–Crippen LogP) is 3.01. The van der Waals surface area contributed by atoms with Crippen LogP contribution < -0.4 is 0 Å². The van der Waals surface area contributed by atoms with Crippen molar-refractivity contribution in [2.24, 2.45) is 0 Å². The minimum Gasteiger partial charge on any atom is -0.389 e. The van der Waals surface area contributed by atoms with E-state index in [1.807, 2.05) is 39.0 Å². The Bertz CT molecular complexity index is 481. The van der Waals surface area contributed by atoms with E-state index in [0.717, 1.165) is 6.54 Å². The molecule has 0 spiro atoms. The lowest BCUT2D eigenvalue weighted by Crippen LogP contribution is -2.56. The van der Waals surface area contributed by atoms with Crippen molar-refractivity contribution < 1.29 is 14.6 Å². The largest absolute Gasteiger partial charge is 0.389 e. The zero-order valence-electron chi connectivity index (χ0n) is 15.1. The van der Waals surface area contributed by atoms with Crippen molar-refractivity contribution in [3.05, 3.63) is 35.9 Å². The maximum absolute atomic E-state index is 10.3. The molecular weight excluding hydrogens is 290 g/mol. The number of β-amino-alcohol motifs (C(OH)–C–C–N with tert-alkyl or cyclic N) is 1. The summed E-state index contributed by atoms with van der Waals surface area (Å²) in [6, 6.07) is 10.3. The number of aliphatic hydroxyl groups is 1. The summed E-state index contributed by atoms with van der Waals surface area (Å²) in [4.78, 5) is 2.31. The van der Waals surface area contributed by atoms with Crippen LogP contribution in [-0.4, -0.2) is 53.6 Å². The highest BCUT2D eigenvalue weighted by Gasteiger charge is 2.36. The highest BCUT2D eigenvalue weighted by atomic mass is 16.5. The summed E-state index contributed by atoms with van der Waals surface area (Å²) in [5.41, 5.74) is 0.871. The molecule has 0 aliphatic carbocycles. The number of hydrogen-bond donors (Lipinski definition) is 1. The lowest BCUT2D eigenvalue weighted by molar-refractivity contribution is -0.122. The van der Waals surface area contributed by atoms with Gasteiger partial charge < -0.3 is 14.6 Å². The Balaban J connectivity index is 1.97. The van der Waals surface area contributed by atoms with Crippen molar-refractivity contribution >= 4 is 0 Å². The van der Waals surface area contributed by atoms with Gasteiger partial charge in [-0.3, -0.25) is 4.90 Å². The molecule has 1 N–H and O–H groups in total. The van der Waals surface area contributed by atoms with Crippen LogP contribution in [0.4, 0.5) is 0 Å². The van der Waals surface area contributed by atoms with Gasteiger partial charge in [-0.2, -0.15) is 0 Å². The summed E-state index contributed by atoms with van der Waals surface area (Å²) in [6.07, 6.45) is -0.442. The Morgan fingerprint density at radius 2 is 1.96 bits per heavy atom. The first-order chi connectivity index (χ1) is 10.7. The van der Waals surface area contributed by atoms with Crippen LogP contribution in [0.5, 0.6) is 0 Å². The fraction of sp³-hybridized carbons (Fsp3) is 0.684. The van der Waals surface area contributed by atoms with Crippen molar-refractivity contribution in [3.8, 4) is 0 Å². The summed E-state index contributed by atoms with van der Waals surface area (Å²) in [5, 5.41) is 10.3. The Labute approximate surface area is 140 Å². The number of rotatable bonds is 5. The smallest absolute Gasteiger partial charge is 0.0952 e. The highest BCUT2D eigenvalue weighted by molar-refractivity contribution is 5.18. The number of morpholine rings is 1. The maximum atomic E-state index is 10.3. The van der Waals surface area contributed by atoms with Crippen LogP contribution >= 0.6 is 0 Å². The van der Waals surface area contributed by atoms with Crippen LogP contribution in [0, 0.1) is 0 Å². The topological polar surface area (TPSA) is 41.9 Å². The minimum atomic E-state index is -0.497. The fourth-order valence-electron chi connectivity index (χ4n) is 2.74. The SMILES string of the molecule is CC(C)(C)OCC(O)CN1CC(c2ccccc2)OCC1(C)C. The molecule has 130 valence electrons. The molecule has 0 aromatic heterocycles. The van der Waals surface area contributed by atoms with E-state index in [1.54, 1.807) is 0 Å². The van der Waals surface area contributed by atoms with Gasteiger partial charge in [0.15, 0.2) is 0 Å². The summed E-state index contributed by atoms with van der Waals surface area (Å²) in [5.74, 6) is 0. The van der Waals surface area contributed by atoms with Crippen LogP contribution in [0.1, 0.15) is 46.3 Å². The third-order valence-corrected chi connectivity index (χ3v) is 4.19. The fourth-order valence-corrected chi connectivity index (χ4v) is 2.74. The van der Waals surface area contributed by atoms with Gasteiger partial charge in [0.05, 0.1) is 31.0 Å². The van der Waals surface area contributed by atoms with Gasteiger partial charge in [0.1, 0.15) is 0 Å². The second-order valence-corrected chi connectivity index (χ2v) is 8.00. The molecular formula is C19H31NO3. The molecule has 0 radical (unpaired) electrons. The number of ether oxygens (including phenoxy) is 2. The van der Waals surface area contributed by atoms with Gasteiger partial charge in [0.2, 0.25) is 0 Å². The second kappa shape index (κ2) is 7.31. The predicted molar refractivity (Wildman–Crippen MR) is 92.5 cm³/mol. The second-order valence-electron chi connectivity index (χ2n) is 8.00. The molecule has 1 aliphatic heterocycles. The third-order valence-electron chi connectivity index (χ3n) is 4.19. The van der Waals surface area contributed by atoms with Gasteiger partial charge in [0, 0.05) is 18.6 Å². The molecule has 0 amide bonds. The first-order valence-electron chi connectivity index (χ1n) is 8.41. The quantitative estimate of drug-likeness (QED) is 0.905. The van der Waals surface area contributed by atoms with Gasteiger partial charge in [-0.25, -0.2) is 0 Å². The molecule has 1 aromatic carbocycles. The molecule has 1 saturated heterocycles. The number of benzene rings is 1. The average Bonchev–Trinajstić information content (AvgIpc) is 2.47. The van der Waals surface area contributed by atoms with E-state index in [-0.39, 0.29) is 17.2 Å². The van der Waals surface area contributed by atoms with E-state index < -0.39 is 6.10 Å². The van der Waals surface area contributed by atoms with E-state index in [1.165, 1.54) is 5.56 Å². The average molecular weight is 321 g/mol. The first kappa shape index (κ1) is 18.4. The van der Waals surface area contributed by atoms with Crippen LogP contribution in [0.3, 0.4) is 0 Å². The van der Waals surface area contributed by atoms with Gasteiger partial charge in [-0.15, -0.1) is 0 Å². The molecule has 1 fully saturated rings. The standard InChI is InChI=1S/C19H31NO3/c1-18(2,3)23-13-16(21)11-20-12-17(22-14-19(20,4)5)15-9-7-6-8-10-15/h6-10,16-17,21H,11-14H2,1-5H3. The summed E-state index contributed by atoms with van der Waals surface area (Å²) >= 11 is 0. The highest BCUT2D eigenvalue weighted by Crippen LogP contribution is 2.30. The van der Waals surface area contributed by atoms with Crippen molar-refractivity contribution in [1.29, 1.82) is 0 Å². The van der Waals surface area contributed by atoms with Crippen molar-refractivity contribution in [2.45, 2.75) is 58.0 Å². The number of aliphatic hydroxyl groups excluding tert-OH is 1. The van der Waals surface area contributed by atoms with Crippen LogP contribution in [0.15, 0.2) is 30.3 Å². The van der Waals surface area contributed by atoms with E-state index in [2.05, 4.69) is 30.9 Å². The summed E-state index contributed by atoms with van der Waals surface area (Å²) in [6.45, 7) is 12.7. The van der Waals surface area contributed by atoms with Gasteiger partial charge in [0.25, 0.3) is 0 Å². The molecule has 2 rings (SSSR count). The molecule has 1 heterocycles. The Morgan fingerprint density at radius 3 is 2.57 bits per heavy atom. The first-order valence-corrected chi connectivity index (χ1v) is 8.41. The van der Waals surface area contributed by atoms with Crippen LogP contribution in [-0.2, 0) is 9.47 Å². The molecule has 0 bridgehead atoms. The zero-order chi connectivity index (χ0) is 17.1. The van der Waals surface area contributed by atoms with Gasteiger partial charge in [-0.1, -0.05) is 30.3 Å². The molecule has 0 saturated carbocycles. The van der Waals surface area contributed by atoms with E-state index in [4.69, 9.17) is 9.47 Å². The summed E-state index contributed by atoms with van der Waals surface area (Å²) < 4.78 is 11.8. The molecule has 4 heteroatoms. The Hall–Kier alpha value is -0.940. The maximum Gasteiger partial charge on any atom is 0.0952 e. The van der Waals surface area contributed by atoms with Gasteiger partial charge >= 0.3 is 0 Å². The van der Waals surface area contributed by atoms with Crippen molar-refractivity contribution in [3.63, 3.8) is 0 Å². The van der Waals surface area contributed by atoms with Crippen LogP contribution in [0.2, 0.25) is 0 Å². The molecule has 2 unspecified atom stereocenters. The minimum absolute atomic E-state index is 0.0555. The van der Waals surface area contributed by atoms with Crippen LogP contribution in [0.25, 0.3) is 0 Å². The monoisotopic (exact) mass is 321 g/mol. The Morgan fingerprint density at radius 1 is 1.30 bits per heavy atom. The zero-order valence-corrected chi connectivity index (χ0v) is 15.1.